The molecule has 0 unspecified atom stereocenters. The molecule has 2 heterocycles. The minimum atomic E-state index is 0.110. The zero-order valence-electron chi connectivity index (χ0n) is 20.2. The Morgan fingerprint density at radius 1 is 1.22 bits per heavy atom. The summed E-state index contributed by atoms with van der Waals surface area (Å²) in [6, 6.07) is 6.20. The van der Waals surface area contributed by atoms with Gasteiger partial charge in [-0.3, -0.25) is 4.79 Å². The summed E-state index contributed by atoms with van der Waals surface area (Å²) in [5.41, 5.74) is 3.27. The Bertz CT molecular complexity index is 841. The summed E-state index contributed by atoms with van der Waals surface area (Å²) < 4.78 is 11.3. The van der Waals surface area contributed by atoms with Gasteiger partial charge < -0.3 is 24.6 Å². The van der Waals surface area contributed by atoms with Gasteiger partial charge in [0.15, 0.2) is 11.5 Å². The third-order valence-electron chi connectivity index (χ3n) is 6.41. The van der Waals surface area contributed by atoms with Gasteiger partial charge in [0.25, 0.3) is 0 Å². The summed E-state index contributed by atoms with van der Waals surface area (Å²) in [6.45, 7) is 17.9. The van der Waals surface area contributed by atoms with Crippen molar-refractivity contribution < 1.29 is 14.3 Å². The molecule has 1 fully saturated rings. The van der Waals surface area contributed by atoms with Crippen LogP contribution in [-0.4, -0.2) is 60.6 Å². The lowest BCUT2D eigenvalue weighted by Crippen LogP contribution is -2.52. The van der Waals surface area contributed by atoms with E-state index in [2.05, 4.69) is 35.9 Å². The van der Waals surface area contributed by atoms with Gasteiger partial charge in [0.1, 0.15) is 13.2 Å². The topological polar surface area (TPSA) is 54.0 Å². The largest absolute Gasteiger partial charge is 0.486 e. The summed E-state index contributed by atoms with van der Waals surface area (Å²) >= 11 is 0. The van der Waals surface area contributed by atoms with Crippen molar-refractivity contribution in [3.63, 3.8) is 0 Å². The van der Waals surface area contributed by atoms with Crippen LogP contribution in [0, 0.1) is 0 Å². The highest BCUT2D eigenvalue weighted by Crippen LogP contribution is 2.31. The minimum absolute atomic E-state index is 0.110. The van der Waals surface area contributed by atoms with Crippen molar-refractivity contribution in [1.29, 1.82) is 0 Å². The molecule has 0 atom stereocenters. The van der Waals surface area contributed by atoms with Crippen LogP contribution in [0.4, 0.5) is 0 Å². The molecule has 1 amide bonds. The number of hydrogen-bond acceptors (Lipinski definition) is 5. The first-order valence-corrected chi connectivity index (χ1v) is 11.8. The second kappa shape index (κ2) is 11.0. The Kier molecular flexibility index (Phi) is 8.38. The number of likely N-dealkylation sites (tertiary alicyclic amines) is 1. The summed E-state index contributed by atoms with van der Waals surface area (Å²) in [5.74, 6) is 1.85. The number of amides is 1. The van der Waals surface area contributed by atoms with Crippen LogP contribution in [0.2, 0.25) is 0 Å². The van der Waals surface area contributed by atoms with Gasteiger partial charge in [-0.05, 0) is 70.5 Å². The van der Waals surface area contributed by atoms with Crippen LogP contribution in [0.1, 0.15) is 52.5 Å². The van der Waals surface area contributed by atoms with Crippen LogP contribution >= 0.6 is 0 Å². The molecule has 32 heavy (non-hydrogen) atoms. The Hall–Kier alpha value is -2.31. The molecule has 1 N–H and O–H groups in total. The average Bonchev–Trinajstić information content (AvgIpc) is 2.78. The van der Waals surface area contributed by atoms with E-state index in [1.54, 1.807) is 0 Å². The van der Waals surface area contributed by atoms with Crippen molar-refractivity contribution in [1.82, 2.24) is 15.1 Å². The normalized spacial score (nSPS) is 18.3. The zero-order chi connectivity index (χ0) is 23.1. The van der Waals surface area contributed by atoms with E-state index in [9.17, 15) is 4.79 Å². The Balaban J connectivity index is 1.48. The van der Waals surface area contributed by atoms with Gasteiger partial charge >= 0.3 is 0 Å². The first-order chi connectivity index (χ1) is 15.3. The highest BCUT2D eigenvalue weighted by molar-refractivity contribution is 5.77. The van der Waals surface area contributed by atoms with Gasteiger partial charge in [0.05, 0.1) is 0 Å². The molecule has 0 bridgehead atoms. The van der Waals surface area contributed by atoms with E-state index >= 15 is 0 Å². The number of nitrogens with zero attached hydrogens (tertiary/aromatic N) is 2. The monoisotopic (exact) mass is 441 g/mol. The molecular weight excluding hydrogens is 402 g/mol. The number of carbonyl (C=O) groups excluding carboxylic acids is 1. The van der Waals surface area contributed by atoms with Crippen LogP contribution in [0.25, 0.3) is 0 Å². The van der Waals surface area contributed by atoms with Gasteiger partial charge in [-0.25, -0.2) is 0 Å². The molecule has 6 heteroatoms. The SMILES string of the molecule is C=C(C)/C=C(\C)N(CCN1CCC(C)(NCc2ccc3c(c2)OCCO3)CC1)C(=O)CC. The lowest BCUT2D eigenvalue weighted by molar-refractivity contribution is -0.129. The maximum atomic E-state index is 12.4. The molecule has 0 aliphatic carbocycles. The fourth-order valence-electron chi connectivity index (χ4n) is 4.32. The molecule has 6 nitrogen and oxygen atoms in total. The van der Waals surface area contributed by atoms with E-state index in [1.807, 2.05) is 37.8 Å². The average molecular weight is 442 g/mol. The number of piperidine rings is 1. The van der Waals surface area contributed by atoms with Crippen molar-refractivity contribution in [2.75, 3.05) is 39.4 Å². The van der Waals surface area contributed by atoms with Crippen molar-refractivity contribution in [2.24, 2.45) is 0 Å². The lowest BCUT2D eigenvalue weighted by atomic mass is 9.89. The number of ether oxygens (including phenoxy) is 2. The molecular formula is C26H39N3O3. The van der Waals surface area contributed by atoms with Crippen molar-refractivity contribution >= 4 is 5.91 Å². The zero-order valence-corrected chi connectivity index (χ0v) is 20.2. The summed E-state index contributed by atoms with van der Waals surface area (Å²) in [4.78, 5) is 16.8. The standard InChI is InChI=1S/C26H39N3O3/c1-6-25(30)29(21(4)17-20(2)3)14-13-28-11-9-26(5,10-12-28)27-19-22-7-8-23-24(18-22)32-16-15-31-23/h7-8,17-18,27H,2,6,9-16,19H2,1,3-5H3/b21-17+. The molecule has 1 saturated heterocycles. The molecule has 3 rings (SSSR count). The Morgan fingerprint density at radius 2 is 1.91 bits per heavy atom. The Morgan fingerprint density at radius 3 is 2.56 bits per heavy atom. The second-order valence-electron chi connectivity index (χ2n) is 9.26. The van der Waals surface area contributed by atoms with E-state index in [1.165, 1.54) is 5.56 Å². The minimum Gasteiger partial charge on any atom is -0.486 e. The number of rotatable bonds is 9. The molecule has 2 aliphatic rings. The molecule has 1 aromatic rings. The van der Waals surface area contributed by atoms with Crippen LogP contribution in [-0.2, 0) is 11.3 Å². The molecule has 2 aliphatic heterocycles. The Labute approximate surface area is 193 Å². The van der Waals surface area contributed by atoms with Crippen molar-refractivity contribution in [3.8, 4) is 11.5 Å². The van der Waals surface area contributed by atoms with E-state index < -0.39 is 0 Å². The van der Waals surface area contributed by atoms with Gasteiger partial charge in [-0.2, -0.15) is 0 Å². The molecule has 0 aromatic heterocycles. The molecule has 0 spiro atoms. The molecule has 0 saturated carbocycles. The van der Waals surface area contributed by atoms with E-state index in [0.717, 1.165) is 68.3 Å². The maximum Gasteiger partial charge on any atom is 0.226 e. The third-order valence-corrected chi connectivity index (χ3v) is 6.41. The number of fused-ring (bicyclic) bond motifs is 1. The summed E-state index contributed by atoms with van der Waals surface area (Å²) in [7, 11) is 0. The first-order valence-electron chi connectivity index (χ1n) is 11.8. The predicted octanol–water partition coefficient (Wildman–Crippen LogP) is 4.12. The summed E-state index contributed by atoms with van der Waals surface area (Å²) in [5, 5.41) is 3.77. The van der Waals surface area contributed by atoms with Crippen molar-refractivity contribution in [2.45, 2.75) is 59.0 Å². The van der Waals surface area contributed by atoms with Crippen LogP contribution in [0.3, 0.4) is 0 Å². The van der Waals surface area contributed by atoms with Crippen molar-refractivity contribution in [3.05, 3.63) is 47.7 Å². The smallest absolute Gasteiger partial charge is 0.226 e. The van der Waals surface area contributed by atoms with E-state index in [0.29, 0.717) is 19.6 Å². The van der Waals surface area contributed by atoms with Gasteiger partial charge in [0.2, 0.25) is 5.91 Å². The fourth-order valence-corrected chi connectivity index (χ4v) is 4.32. The van der Waals surface area contributed by atoms with Crippen LogP contribution in [0.15, 0.2) is 42.1 Å². The number of nitrogens with one attached hydrogen (secondary N) is 1. The highest BCUT2D eigenvalue weighted by atomic mass is 16.6. The second-order valence-corrected chi connectivity index (χ2v) is 9.26. The van der Waals surface area contributed by atoms with Crippen LogP contribution < -0.4 is 14.8 Å². The van der Waals surface area contributed by atoms with Crippen LogP contribution in [0.5, 0.6) is 11.5 Å². The predicted molar refractivity (Wildman–Crippen MR) is 129 cm³/mol. The number of carbonyl (C=O) groups is 1. The fraction of sp³-hybridized carbons (Fsp3) is 0.577. The number of hydrogen-bond donors (Lipinski definition) is 1. The molecule has 0 radical (unpaired) electrons. The number of allylic oxidation sites excluding steroid dienone is 3. The molecule has 176 valence electrons. The third kappa shape index (κ3) is 6.59. The first kappa shape index (κ1) is 24.3. The highest BCUT2D eigenvalue weighted by Gasteiger charge is 2.30. The van der Waals surface area contributed by atoms with Gasteiger partial charge in [0, 0.05) is 37.3 Å². The maximum absolute atomic E-state index is 12.4. The van der Waals surface area contributed by atoms with Gasteiger partial charge in [-0.1, -0.05) is 25.1 Å². The van der Waals surface area contributed by atoms with Gasteiger partial charge in [-0.15, -0.1) is 0 Å². The summed E-state index contributed by atoms with van der Waals surface area (Å²) in [6.07, 6.45) is 4.67. The quantitative estimate of drug-likeness (QED) is 0.584. The molecule has 1 aromatic carbocycles. The number of benzene rings is 1. The van der Waals surface area contributed by atoms with E-state index in [4.69, 9.17) is 9.47 Å². The lowest BCUT2D eigenvalue weighted by Gasteiger charge is -2.41. The van der Waals surface area contributed by atoms with E-state index in [-0.39, 0.29) is 11.4 Å².